The van der Waals surface area contributed by atoms with Gasteiger partial charge in [0.15, 0.2) is 5.01 Å². The second kappa shape index (κ2) is 4.91. The summed E-state index contributed by atoms with van der Waals surface area (Å²) in [6, 6.07) is 0.388. The molecule has 0 radical (unpaired) electrons. The molecule has 0 aromatic carbocycles. The third-order valence-corrected chi connectivity index (χ3v) is 3.66. The van der Waals surface area contributed by atoms with Gasteiger partial charge in [-0.25, -0.2) is 4.98 Å². The lowest BCUT2D eigenvalue weighted by molar-refractivity contribution is -0.137. The molecule has 0 aliphatic carbocycles. The van der Waals surface area contributed by atoms with Crippen LogP contribution in [0.3, 0.4) is 0 Å². The van der Waals surface area contributed by atoms with E-state index in [-0.39, 0.29) is 0 Å². The summed E-state index contributed by atoms with van der Waals surface area (Å²) in [6.07, 6.45) is -2.99. The molecule has 3 nitrogen and oxygen atoms in total. The second-order valence-electron chi connectivity index (χ2n) is 4.22. The van der Waals surface area contributed by atoms with Gasteiger partial charge in [-0.15, -0.1) is 11.3 Å². The van der Waals surface area contributed by atoms with Gasteiger partial charge in [-0.1, -0.05) is 0 Å². The number of aromatic nitrogens is 1. The highest BCUT2D eigenvalue weighted by Gasteiger charge is 2.34. The van der Waals surface area contributed by atoms with Crippen LogP contribution in [0.1, 0.15) is 16.8 Å². The van der Waals surface area contributed by atoms with Crippen molar-refractivity contribution in [2.75, 3.05) is 19.6 Å². The first-order chi connectivity index (χ1) is 7.95. The highest BCUT2D eigenvalue weighted by atomic mass is 32.1. The first-order valence-electron chi connectivity index (χ1n) is 5.43. The molecule has 96 valence electrons. The van der Waals surface area contributed by atoms with Gasteiger partial charge in [-0.3, -0.25) is 4.90 Å². The average Bonchev–Trinajstić information content (AvgIpc) is 2.65. The molecular formula is C10H14F3N3S. The van der Waals surface area contributed by atoms with Crippen molar-refractivity contribution in [1.29, 1.82) is 0 Å². The molecule has 1 aliphatic rings. The zero-order chi connectivity index (χ0) is 12.5. The van der Waals surface area contributed by atoms with Crippen molar-refractivity contribution < 1.29 is 13.2 Å². The Morgan fingerprint density at radius 2 is 2.35 bits per heavy atom. The largest absolute Gasteiger partial charge is 0.443 e. The monoisotopic (exact) mass is 265 g/mol. The van der Waals surface area contributed by atoms with E-state index in [4.69, 9.17) is 0 Å². The van der Waals surface area contributed by atoms with Crippen molar-refractivity contribution >= 4 is 11.3 Å². The van der Waals surface area contributed by atoms with Gasteiger partial charge in [0.2, 0.25) is 0 Å². The van der Waals surface area contributed by atoms with E-state index in [1.54, 1.807) is 0 Å². The molecule has 0 bridgehead atoms. The molecule has 1 fully saturated rings. The highest BCUT2D eigenvalue weighted by molar-refractivity contribution is 7.11. The quantitative estimate of drug-likeness (QED) is 0.886. The average molecular weight is 265 g/mol. The number of hydrogen-bond donors (Lipinski definition) is 1. The van der Waals surface area contributed by atoms with Crippen LogP contribution in [0.4, 0.5) is 13.2 Å². The van der Waals surface area contributed by atoms with Gasteiger partial charge in [-0.05, 0) is 6.92 Å². The molecular weight excluding hydrogens is 251 g/mol. The van der Waals surface area contributed by atoms with Crippen LogP contribution in [-0.2, 0) is 12.7 Å². The van der Waals surface area contributed by atoms with Gasteiger partial charge < -0.3 is 5.32 Å². The van der Waals surface area contributed by atoms with Crippen LogP contribution >= 0.6 is 11.3 Å². The Balaban J connectivity index is 1.97. The number of nitrogens with zero attached hydrogens (tertiary/aromatic N) is 2. The zero-order valence-electron chi connectivity index (χ0n) is 9.42. The van der Waals surface area contributed by atoms with Crippen LogP contribution in [0.25, 0.3) is 0 Å². The Labute approximate surface area is 102 Å². The summed E-state index contributed by atoms with van der Waals surface area (Å²) >= 11 is 0.737. The summed E-state index contributed by atoms with van der Waals surface area (Å²) in [5, 5.41) is 2.54. The molecule has 2 heterocycles. The Bertz CT molecular complexity index is 377. The zero-order valence-corrected chi connectivity index (χ0v) is 10.2. The third-order valence-electron chi connectivity index (χ3n) is 2.63. The van der Waals surface area contributed by atoms with E-state index >= 15 is 0 Å². The van der Waals surface area contributed by atoms with Crippen LogP contribution in [0.2, 0.25) is 0 Å². The molecule has 0 unspecified atom stereocenters. The number of hydrogen-bond acceptors (Lipinski definition) is 4. The predicted octanol–water partition coefficient (Wildman–Crippen LogP) is 1.96. The van der Waals surface area contributed by atoms with Crippen LogP contribution < -0.4 is 5.32 Å². The fraction of sp³-hybridized carbons (Fsp3) is 0.700. The van der Waals surface area contributed by atoms with E-state index in [1.165, 1.54) is 6.20 Å². The lowest BCUT2D eigenvalue weighted by Crippen LogP contribution is -2.48. The first-order valence-corrected chi connectivity index (χ1v) is 6.24. The van der Waals surface area contributed by atoms with Gasteiger partial charge in [0.1, 0.15) is 0 Å². The van der Waals surface area contributed by atoms with E-state index in [1.807, 2.05) is 0 Å². The number of thiazole rings is 1. The molecule has 1 N–H and O–H groups in total. The fourth-order valence-electron chi connectivity index (χ4n) is 1.89. The summed E-state index contributed by atoms with van der Waals surface area (Å²) in [7, 11) is 0. The Morgan fingerprint density at radius 3 is 2.94 bits per heavy atom. The molecule has 2 rings (SSSR count). The molecule has 1 aromatic heterocycles. The maximum atomic E-state index is 12.4. The normalized spacial score (nSPS) is 22.9. The van der Waals surface area contributed by atoms with Gasteiger partial charge in [0, 0.05) is 43.3 Å². The number of nitrogens with one attached hydrogen (secondary N) is 1. The minimum atomic E-state index is -4.32. The topological polar surface area (TPSA) is 28.2 Å². The lowest BCUT2D eigenvalue weighted by Gasteiger charge is -2.31. The minimum absolute atomic E-state index is 0.388. The van der Waals surface area contributed by atoms with E-state index in [9.17, 15) is 13.2 Å². The van der Waals surface area contributed by atoms with E-state index in [0.717, 1.165) is 31.0 Å². The van der Waals surface area contributed by atoms with Crippen molar-refractivity contribution in [3.8, 4) is 0 Å². The number of piperazine rings is 1. The second-order valence-corrected chi connectivity index (χ2v) is 5.33. The van der Waals surface area contributed by atoms with Crippen molar-refractivity contribution in [1.82, 2.24) is 15.2 Å². The molecule has 1 atom stereocenters. The molecule has 0 amide bonds. The summed E-state index contributed by atoms with van der Waals surface area (Å²) in [5.74, 6) is 0. The SMILES string of the molecule is C[C@H]1CN(Cc2cnc(C(F)(F)F)s2)CCN1. The standard InChI is InChI=1S/C10H14F3N3S/c1-7-5-16(3-2-14-7)6-8-4-15-9(17-8)10(11,12)13/h4,7,14H,2-3,5-6H2,1H3/t7-/m0/s1. The Morgan fingerprint density at radius 1 is 1.59 bits per heavy atom. The van der Waals surface area contributed by atoms with E-state index in [2.05, 4.69) is 22.1 Å². The van der Waals surface area contributed by atoms with Crippen molar-refractivity contribution in [2.45, 2.75) is 25.7 Å². The molecule has 17 heavy (non-hydrogen) atoms. The third kappa shape index (κ3) is 3.40. The Hall–Kier alpha value is -0.660. The summed E-state index contributed by atoms with van der Waals surface area (Å²) in [5.41, 5.74) is 0. The van der Waals surface area contributed by atoms with E-state index < -0.39 is 11.2 Å². The minimum Gasteiger partial charge on any atom is -0.312 e. The summed E-state index contributed by atoms with van der Waals surface area (Å²) in [4.78, 5) is 6.24. The fourth-order valence-corrected chi connectivity index (χ4v) is 2.71. The summed E-state index contributed by atoms with van der Waals surface area (Å²) in [6.45, 7) is 5.23. The van der Waals surface area contributed by atoms with Gasteiger partial charge in [0.05, 0.1) is 0 Å². The van der Waals surface area contributed by atoms with E-state index in [0.29, 0.717) is 17.5 Å². The molecule has 1 saturated heterocycles. The van der Waals surface area contributed by atoms with Crippen LogP contribution in [0, 0.1) is 0 Å². The Kier molecular flexibility index (Phi) is 3.70. The van der Waals surface area contributed by atoms with Crippen molar-refractivity contribution in [3.63, 3.8) is 0 Å². The van der Waals surface area contributed by atoms with Crippen LogP contribution in [0.5, 0.6) is 0 Å². The first kappa shape index (κ1) is 12.8. The molecule has 0 spiro atoms. The number of rotatable bonds is 2. The van der Waals surface area contributed by atoms with Crippen LogP contribution in [-0.4, -0.2) is 35.6 Å². The highest BCUT2D eigenvalue weighted by Crippen LogP contribution is 2.32. The predicted molar refractivity (Wildman–Crippen MR) is 59.9 cm³/mol. The molecule has 1 aliphatic heterocycles. The number of halogens is 3. The smallest absolute Gasteiger partial charge is 0.312 e. The maximum Gasteiger partial charge on any atom is 0.443 e. The van der Waals surface area contributed by atoms with Gasteiger partial charge >= 0.3 is 6.18 Å². The van der Waals surface area contributed by atoms with Gasteiger partial charge in [0.25, 0.3) is 0 Å². The lowest BCUT2D eigenvalue weighted by atomic mass is 10.2. The summed E-state index contributed by atoms with van der Waals surface area (Å²) < 4.78 is 37.1. The van der Waals surface area contributed by atoms with Crippen molar-refractivity contribution in [3.05, 3.63) is 16.1 Å². The molecule has 0 saturated carbocycles. The maximum absolute atomic E-state index is 12.4. The van der Waals surface area contributed by atoms with Gasteiger partial charge in [-0.2, -0.15) is 13.2 Å². The van der Waals surface area contributed by atoms with Crippen LogP contribution in [0.15, 0.2) is 6.20 Å². The molecule has 7 heteroatoms. The van der Waals surface area contributed by atoms with Crippen molar-refractivity contribution in [2.24, 2.45) is 0 Å². The number of alkyl halides is 3. The molecule has 1 aromatic rings.